The lowest BCUT2D eigenvalue weighted by molar-refractivity contribution is 0.730. The molecule has 0 amide bonds. The van der Waals surface area contributed by atoms with Gasteiger partial charge in [0.15, 0.2) is 0 Å². The maximum Gasteiger partial charge on any atom is 0.261 e. The Balaban J connectivity index is 2.07. The molecule has 1 aromatic carbocycles. The maximum absolute atomic E-state index is 12.7. The van der Waals surface area contributed by atoms with Crippen LogP contribution in [0.3, 0.4) is 0 Å². The largest absolute Gasteiger partial charge is 0.294 e. The summed E-state index contributed by atoms with van der Waals surface area (Å²) >= 11 is 11.1. The zero-order valence-corrected chi connectivity index (χ0v) is 15.5. The lowest BCUT2D eigenvalue weighted by Crippen LogP contribution is -2.21. The number of hydrogen-bond acceptors (Lipinski definition) is 4. The van der Waals surface area contributed by atoms with Crippen molar-refractivity contribution in [3.63, 3.8) is 0 Å². The van der Waals surface area contributed by atoms with Crippen molar-refractivity contribution >= 4 is 50.2 Å². The summed E-state index contributed by atoms with van der Waals surface area (Å²) in [7, 11) is 0. The molecule has 4 nitrogen and oxygen atoms in total. The molecule has 23 heavy (non-hydrogen) atoms. The summed E-state index contributed by atoms with van der Waals surface area (Å²) in [4.78, 5) is 21.4. The van der Waals surface area contributed by atoms with E-state index >= 15 is 0 Å². The highest BCUT2D eigenvalue weighted by molar-refractivity contribution is 9.10. The van der Waals surface area contributed by atoms with Crippen molar-refractivity contribution in [2.45, 2.75) is 18.5 Å². The van der Waals surface area contributed by atoms with Crippen molar-refractivity contribution in [3.05, 3.63) is 62.2 Å². The molecule has 2 aromatic heterocycles. The summed E-state index contributed by atoms with van der Waals surface area (Å²) in [5, 5.41) is 2.03. The highest BCUT2D eigenvalue weighted by atomic mass is 79.9. The number of thioether (sulfide) groups is 1. The molecule has 0 fully saturated rings. The summed E-state index contributed by atoms with van der Waals surface area (Å²) in [5.41, 5.74) is 1.51. The zero-order chi connectivity index (χ0) is 16.4. The van der Waals surface area contributed by atoms with Crippen molar-refractivity contribution in [2.24, 2.45) is 0 Å². The summed E-state index contributed by atoms with van der Waals surface area (Å²) in [5.74, 6) is 0.902. The van der Waals surface area contributed by atoms with Gasteiger partial charge in [-0.2, -0.15) is 0 Å². The van der Waals surface area contributed by atoms with Gasteiger partial charge >= 0.3 is 0 Å². The van der Waals surface area contributed by atoms with E-state index in [1.54, 1.807) is 34.9 Å². The molecule has 2 heterocycles. The van der Waals surface area contributed by atoms with Crippen molar-refractivity contribution in [1.29, 1.82) is 0 Å². The molecule has 0 atom stereocenters. The third-order valence-corrected chi connectivity index (χ3v) is 5.09. The van der Waals surface area contributed by atoms with Crippen molar-refractivity contribution in [2.75, 3.05) is 5.75 Å². The van der Waals surface area contributed by atoms with Crippen LogP contribution >= 0.6 is 39.3 Å². The summed E-state index contributed by atoms with van der Waals surface area (Å²) in [6.07, 6.45) is 3.19. The van der Waals surface area contributed by atoms with E-state index in [0.717, 1.165) is 20.8 Å². The molecule has 0 aliphatic carbocycles. The molecule has 0 N–H and O–H groups in total. The van der Waals surface area contributed by atoms with Crippen molar-refractivity contribution < 1.29 is 0 Å². The first-order valence-electron chi connectivity index (χ1n) is 7.01. The van der Waals surface area contributed by atoms with E-state index in [1.165, 1.54) is 0 Å². The van der Waals surface area contributed by atoms with Crippen LogP contribution in [0, 0.1) is 0 Å². The molecule has 0 saturated heterocycles. The molecule has 3 rings (SSSR count). The molecule has 0 aliphatic heterocycles. The number of aromatic nitrogens is 3. The van der Waals surface area contributed by atoms with E-state index in [4.69, 9.17) is 11.6 Å². The number of rotatable bonds is 4. The van der Waals surface area contributed by atoms with Crippen LogP contribution in [0.5, 0.6) is 0 Å². The van der Waals surface area contributed by atoms with Gasteiger partial charge in [0, 0.05) is 16.2 Å². The second-order valence-electron chi connectivity index (χ2n) is 4.86. The molecule has 0 spiro atoms. The van der Waals surface area contributed by atoms with Crippen LogP contribution in [-0.2, 0) is 6.54 Å². The molecule has 0 aliphatic rings. The molecular weight excluding hydrogens is 398 g/mol. The predicted molar refractivity (Wildman–Crippen MR) is 98.5 cm³/mol. The van der Waals surface area contributed by atoms with Crippen LogP contribution in [0.4, 0.5) is 0 Å². The van der Waals surface area contributed by atoms with Crippen LogP contribution in [0.2, 0.25) is 5.02 Å². The molecule has 0 radical (unpaired) electrons. The molecular formula is C16H13BrClN3OS. The quantitative estimate of drug-likeness (QED) is 0.599. The lowest BCUT2D eigenvalue weighted by Gasteiger charge is -2.11. The Morgan fingerprint density at radius 2 is 2.17 bits per heavy atom. The summed E-state index contributed by atoms with van der Waals surface area (Å²) in [6, 6.07) is 7.34. The number of hydrogen-bond donors (Lipinski definition) is 0. The Hall–Kier alpha value is -1.37. The van der Waals surface area contributed by atoms with Gasteiger partial charge in [-0.15, -0.1) is 11.8 Å². The highest BCUT2D eigenvalue weighted by Gasteiger charge is 2.10. The Labute approximate surface area is 151 Å². The standard InChI is InChI=1S/C16H13BrClN3OS/c1-2-23-15-10(6-11(18)7-19-15)8-21-9-20-14-12(16(21)22)4-3-5-13(14)17/h3-7,9H,2,8H2,1H3. The average molecular weight is 411 g/mol. The van der Waals surface area contributed by atoms with Gasteiger partial charge in [-0.05, 0) is 39.9 Å². The monoisotopic (exact) mass is 409 g/mol. The molecule has 0 unspecified atom stereocenters. The summed E-state index contributed by atoms with van der Waals surface area (Å²) < 4.78 is 2.40. The SMILES string of the molecule is CCSc1ncc(Cl)cc1Cn1cnc2c(Br)cccc2c1=O. The second-order valence-corrected chi connectivity index (χ2v) is 7.41. The number of halogens is 2. The molecule has 7 heteroatoms. The molecule has 0 saturated carbocycles. The van der Waals surface area contributed by atoms with Crippen LogP contribution in [0.25, 0.3) is 10.9 Å². The van der Waals surface area contributed by atoms with E-state index in [2.05, 4.69) is 32.8 Å². The highest BCUT2D eigenvalue weighted by Crippen LogP contribution is 2.24. The minimum absolute atomic E-state index is 0.0799. The minimum atomic E-state index is -0.0799. The molecule has 3 aromatic rings. The molecule has 118 valence electrons. The van der Waals surface area contributed by atoms with Gasteiger partial charge in [0.25, 0.3) is 5.56 Å². The van der Waals surface area contributed by atoms with Crippen molar-refractivity contribution in [3.8, 4) is 0 Å². The fourth-order valence-electron chi connectivity index (χ4n) is 2.30. The van der Waals surface area contributed by atoms with Crippen LogP contribution in [0.1, 0.15) is 12.5 Å². The summed E-state index contributed by atoms with van der Waals surface area (Å²) in [6.45, 7) is 2.45. The zero-order valence-electron chi connectivity index (χ0n) is 12.3. The first-order valence-corrected chi connectivity index (χ1v) is 9.16. The average Bonchev–Trinajstić information content (AvgIpc) is 2.53. The second kappa shape index (κ2) is 7.03. The van der Waals surface area contributed by atoms with Gasteiger partial charge in [0.05, 0.1) is 28.8 Å². The fourth-order valence-corrected chi connectivity index (χ4v) is 3.66. The maximum atomic E-state index is 12.7. The first kappa shape index (κ1) is 16.5. The Kier molecular flexibility index (Phi) is 5.04. The van der Waals surface area contributed by atoms with Gasteiger partial charge in [-0.25, -0.2) is 9.97 Å². The van der Waals surface area contributed by atoms with E-state index in [0.29, 0.717) is 22.5 Å². The van der Waals surface area contributed by atoms with E-state index in [9.17, 15) is 4.79 Å². The lowest BCUT2D eigenvalue weighted by atomic mass is 10.2. The van der Waals surface area contributed by atoms with E-state index in [1.807, 2.05) is 18.2 Å². The van der Waals surface area contributed by atoms with Gasteiger partial charge in [0.1, 0.15) is 5.03 Å². The Bertz CT molecular complexity index is 929. The first-order chi connectivity index (χ1) is 11.1. The van der Waals surface area contributed by atoms with E-state index in [-0.39, 0.29) is 5.56 Å². The molecule has 0 bridgehead atoms. The minimum Gasteiger partial charge on any atom is -0.294 e. The van der Waals surface area contributed by atoms with Crippen LogP contribution in [-0.4, -0.2) is 20.3 Å². The third-order valence-electron chi connectivity index (χ3n) is 3.32. The topological polar surface area (TPSA) is 47.8 Å². The predicted octanol–water partition coefficient (Wildman–Crippen LogP) is 4.37. The number of nitrogens with zero attached hydrogens (tertiary/aromatic N) is 3. The number of fused-ring (bicyclic) bond motifs is 1. The Morgan fingerprint density at radius 3 is 2.96 bits per heavy atom. The number of pyridine rings is 1. The van der Waals surface area contributed by atoms with Gasteiger partial charge in [-0.1, -0.05) is 24.6 Å². The van der Waals surface area contributed by atoms with Crippen molar-refractivity contribution in [1.82, 2.24) is 14.5 Å². The number of para-hydroxylation sites is 1. The smallest absolute Gasteiger partial charge is 0.261 e. The number of benzene rings is 1. The fraction of sp³-hybridized carbons (Fsp3) is 0.188. The van der Waals surface area contributed by atoms with Gasteiger partial charge in [-0.3, -0.25) is 9.36 Å². The normalized spacial score (nSPS) is 11.1. The van der Waals surface area contributed by atoms with Crippen LogP contribution < -0.4 is 5.56 Å². The van der Waals surface area contributed by atoms with Gasteiger partial charge < -0.3 is 0 Å². The van der Waals surface area contributed by atoms with Crippen LogP contribution in [0.15, 0.2) is 51.1 Å². The third kappa shape index (κ3) is 3.44. The van der Waals surface area contributed by atoms with Gasteiger partial charge in [0.2, 0.25) is 0 Å². The Morgan fingerprint density at radius 1 is 1.35 bits per heavy atom. The van der Waals surface area contributed by atoms with E-state index < -0.39 is 0 Å².